The van der Waals surface area contributed by atoms with Crippen LogP contribution in [0.4, 0.5) is 0 Å². The lowest BCUT2D eigenvalue weighted by Crippen LogP contribution is -2.21. The molecule has 0 heterocycles. The van der Waals surface area contributed by atoms with E-state index in [-0.39, 0.29) is 10.8 Å². The summed E-state index contributed by atoms with van der Waals surface area (Å²) < 4.78 is 0. The van der Waals surface area contributed by atoms with Crippen molar-refractivity contribution < 1.29 is 0 Å². The van der Waals surface area contributed by atoms with Crippen LogP contribution in [0.25, 0.3) is 0 Å². The first-order chi connectivity index (χ1) is 9.67. The first kappa shape index (κ1) is 17.8. The largest absolute Gasteiger partial charge is 0.103 e. The summed E-state index contributed by atoms with van der Waals surface area (Å²) in [5.41, 5.74) is 6.11. The third-order valence-corrected chi connectivity index (χ3v) is 4.48. The maximum absolute atomic E-state index is 3.94. The zero-order valence-corrected chi connectivity index (χ0v) is 14.8. The van der Waals surface area contributed by atoms with Gasteiger partial charge in [-0.3, -0.25) is 0 Å². The Morgan fingerprint density at radius 1 is 0.857 bits per heavy atom. The summed E-state index contributed by atoms with van der Waals surface area (Å²) in [6.07, 6.45) is 7.05. The van der Waals surface area contributed by atoms with Crippen LogP contribution in [0.5, 0.6) is 0 Å². The molecule has 0 aliphatic heterocycles. The second-order valence-corrected chi connectivity index (χ2v) is 7.64. The predicted octanol–water partition coefficient (Wildman–Crippen LogP) is 6.13. The molecule has 0 fully saturated rings. The Morgan fingerprint density at radius 3 is 1.67 bits per heavy atom. The summed E-state index contributed by atoms with van der Waals surface area (Å²) in [5, 5.41) is 0. The molecule has 0 amide bonds. The van der Waals surface area contributed by atoms with Crippen molar-refractivity contribution in [2.75, 3.05) is 0 Å². The van der Waals surface area contributed by atoms with E-state index in [9.17, 15) is 0 Å². The van der Waals surface area contributed by atoms with Crippen LogP contribution in [0, 0.1) is 0 Å². The average molecular weight is 284 g/mol. The first-order valence-corrected chi connectivity index (χ1v) is 8.06. The molecule has 0 atom stereocenters. The average Bonchev–Trinajstić information content (AvgIpc) is 2.39. The van der Waals surface area contributed by atoms with Gasteiger partial charge in [-0.25, -0.2) is 0 Å². The Morgan fingerprint density at radius 2 is 1.29 bits per heavy atom. The molecule has 0 aliphatic rings. The topological polar surface area (TPSA) is 0 Å². The molecule has 0 heteroatoms. The summed E-state index contributed by atoms with van der Waals surface area (Å²) in [5.74, 6) is 0. The highest BCUT2D eigenvalue weighted by atomic mass is 14.3. The maximum atomic E-state index is 3.94. The van der Waals surface area contributed by atoms with Gasteiger partial charge in [-0.05, 0) is 52.3 Å². The third kappa shape index (κ3) is 4.09. The monoisotopic (exact) mass is 284 g/mol. The van der Waals surface area contributed by atoms with Gasteiger partial charge in [0.15, 0.2) is 0 Å². The molecule has 1 rings (SSSR count). The molecule has 0 saturated heterocycles. The van der Waals surface area contributed by atoms with Gasteiger partial charge in [-0.1, -0.05) is 65.8 Å². The van der Waals surface area contributed by atoms with E-state index < -0.39 is 0 Å². The van der Waals surface area contributed by atoms with Gasteiger partial charge >= 0.3 is 0 Å². The van der Waals surface area contributed by atoms with E-state index in [0.29, 0.717) is 0 Å². The van der Waals surface area contributed by atoms with Crippen LogP contribution in [0.1, 0.15) is 70.2 Å². The minimum Gasteiger partial charge on any atom is -0.103 e. The molecule has 0 nitrogen and oxygen atoms in total. The second kappa shape index (κ2) is 6.64. The van der Waals surface area contributed by atoms with E-state index >= 15 is 0 Å². The van der Waals surface area contributed by atoms with Gasteiger partial charge in [0, 0.05) is 0 Å². The van der Waals surface area contributed by atoms with Crippen LogP contribution in [-0.2, 0) is 23.7 Å². The van der Waals surface area contributed by atoms with Crippen molar-refractivity contribution in [3.8, 4) is 0 Å². The van der Waals surface area contributed by atoms with Gasteiger partial charge < -0.3 is 0 Å². The molecular formula is C21H32. The molecule has 0 aromatic heterocycles. The lowest BCUT2D eigenvalue weighted by atomic mass is 9.74. The van der Waals surface area contributed by atoms with Gasteiger partial charge in [0.25, 0.3) is 0 Å². The Kier molecular flexibility index (Phi) is 5.61. The number of allylic oxidation sites excluding steroid dienone is 2. The third-order valence-electron chi connectivity index (χ3n) is 4.48. The van der Waals surface area contributed by atoms with Crippen LogP contribution in [0.2, 0.25) is 0 Å². The van der Waals surface area contributed by atoms with Crippen LogP contribution in [0.15, 0.2) is 37.4 Å². The van der Waals surface area contributed by atoms with E-state index in [1.54, 1.807) is 0 Å². The molecule has 21 heavy (non-hydrogen) atoms. The van der Waals surface area contributed by atoms with Crippen molar-refractivity contribution >= 4 is 0 Å². The minimum absolute atomic E-state index is 0.156. The zero-order chi connectivity index (χ0) is 16.3. The van der Waals surface area contributed by atoms with Gasteiger partial charge in [0.1, 0.15) is 0 Å². The highest BCUT2D eigenvalue weighted by Crippen LogP contribution is 2.36. The summed E-state index contributed by atoms with van der Waals surface area (Å²) in [4.78, 5) is 0. The fourth-order valence-corrected chi connectivity index (χ4v) is 2.86. The molecule has 0 unspecified atom stereocenters. The van der Waals surface area contributed by atoms with Crippen molar-refractivity contribution in [2.45, 2.75) is 71.6 Å². The Labute approximate surface area is 132 Å². The molecule has 116 valence electrons. The predicted molar refractivity (Wildman–Crippen MR) is 96.3 cm³/mol. The summed E-state index contributed by atoms with van der Waals surface area (Å²) >= 11 is 0. The van der Waals surface area contributed by atoms with Crippen LogP contribution >= 0.6 is 0 Å². The molecule has 0 radical (unpaired) electrons. The van der Waals surface area contributed by atoms with Crippen LogP contribution in [0.3, 0.4) is 0 Å². The standard InChI is InChI=1S/C21H32/c1-9-12-16-15-19(21(7,8)11-3)17(13-10-2)14-18(16)20(4,5)6/h9-10,14-15H,1-2,11-13H2,3-8H3. The summed E-state index contributed by atoms with van der Waals surface area (Å²) in [7, 11) is 0. The van der Waals surface area contributed by atoms with E-state index in [1.165, 1.54) is 22.3 Å². The lowest BCUT2D eigenvalue weighted by Gasteiger charge is -2.31. The van der Waals surface area contributed by atoms with Crippen molar-refractivity contribution in [3.05, 3.63) is 59.7 Å². The molecule has 1 aromatic carbocycles. The van der Waals surface area contributed by atoms with E-state index in [0.717, 1.165) is 19.3 Å². The molecule has 0 aliphatic carbocycles. The molecule has 0 N–H and O–H groups in total. The molecule has 0 bridgehead atoms. The molecule has 0 spiro atoms. The Balaban J connectivity index is 3.61. The van der Waals surface area contributed by atoms with Gasteiger partial charge in [-0.2, -0.15) is 0 Å². The molecule has 0 saturated carbocycles. The lowest BCUT2D eigenvalue weighted by molar-refractivity contribution is 0.499. The highest BCUT2D eigenvalue weighted by molar-refractivity contribution is 5.46. The summed E-state index contributed by atoms with van der Waals surface area (Å²) in [6, 6.07) is 4.83. The summed E-state index contributed by atoms with van der Waals surface area (Å²) in [6.45, 7) is 21.7. The minimum atomic E-state index is 0.156. The molecular weight excluding hydrogens is 252 g/mol. The van der Waals surface area contributed by atoms with Crippen molar-refractivity contribution in [3.63, 3.8) is 0 Å². The SMILES string of the molecule is C=CCc1cc(C(C)(C)CC)c(CC=C)cc1C(C)(C)C. The Hall–Kier alpha value is -1.30. The number of hydrogen-bond acceptors (Lipinski definition) is 0. The second-order valence-electron chi connectivity index (χ2n) is 7.64. The first-order valence-electron chi connectivity index (χ1n) is 8.06. The Bertz CT molecular complexity index is 510. The zero-order valence-electron chi connectivity index (χ0n) is 14.8. The van der Waals surface area contributed by atoms with Crippen molar-refractivity contribution in [2.24, 2.45) is 0 Å². The fourth-order valence-electron chi connectivity index (χ4n) is 2.86. The highest BCUT2D eigenvalue weighted by Gasteiger charge is 2.25. The fraction of sp³-hybridized carbons (Fsp3) is 0.524. The van der Waals surface area contributed by atoms with E-state index in [1.807, 2.05) is 12.2 Å². The quantitative estimate of drug-likeness (QED) is 0.551. The van der Waals surface area contributed by atoms with Gasteiger partial charge in [0.2, 0.25) is 0 Å². The van der Waals surface area contributed by atoms with Crippen molar-refractivity contribution in [1.29, 1.82) is 0 Å². The number of rotatable bonds is 6. The van der Waals surface area contributed by atoms with Gasteiger partial charge in [-0.15, -0.1) is 13.2 Å². The number of benzene rings is 1. The maximum Gasteiger partial charge on any atom is -0.00971 e. The van der Waals surface area contributed by atoms with Gasteiger partial charge in [0.05, 0.1) is 0 Å². The molecule has 1 aromatic rings. The smallest absolute Gasteiger partial charge is 0.00971 e. The number of hydrogen-bond donors (Lipinski definition) is 0. The van der Waals surface area contributed by atoms with E-state index in [2.05, 4.69) is 66.8 Å². The van der Waals surface area contributed by atoms with Crippen molar-refractivity contribution in [1.82, 2.24) is 0 Å². The van der Waals surface area contributed by atoms with Crippen LogP contribution < -0.4 is 0 Å². The van der Waals surface area contributed by atoms with E-state index in [4.69, 9.17) is 0 Å². The van der Waals surface area contributed by atoms with Crippen LogP contribution in [-0.4, -0.2) is 0 Å². The normalized spacial score (nSPS) is 12.3.